The maximum atomic E-state index is 12.2. The van der Waals surface area contributed by atoms with E-state index < -0.39 is 21.2 Å². The third-order valence-electron chi connectivity index (χ3n) is 2.64. The molecular formula is C13H18O4S. The van der Waals surface area contributed by atoms with Crippen LogP contribution in [0.1, 0.15) is 19.4 Å². The number of hydrogen-bond donors (Lipinski definition) is 0. The van der Waals surface area contributed by atoms with Crippen LogP contribution in [0, 0.1) is 12.3 Å². The molecule has 0 atom stereocenters. The van der Waals surface area contributed by atoms with Crippen LogP contribution >= 0.6 is 0 Å². The molecule has 4 nitrogen and oxygen atoms in total. The fourth-order valence-corrected chi connectivity index (χ4v) is 3.59. The molecule has 0 saturated carbocycles. The zero-order valence-corrected chi connectivity index (χ0v) is 11.9. The Bertz CT molecular complexity index is 544. The van der Waals surface area contributed by atoms with E-state index in [0.29, 0.717) is 0 Å². The maximum Gasteiger partial charge on any atom is 0.312 e. The van der Waals surface area contributed by atoms with Crippen molar-refractivity contribution in [2.24, 2.45) is 5.41 Å². The summed E-state index contributed by atoms with van der Waals surface area (Å²) in [5.41, 5.74) is -0.191. The van der Waals surface area contributed by atoms with Crippen LogP contribution in [0.3, 0.4) is 0 Å². The molecular weight excluding hydrogens is 252 g/mol. The monoisotopic (exact) mass is 270 g/mol. The number of benzene rings is 1. The second kappa shape index (κ2) is 5.10. The Hall–Kier alpha value is -1.36. The lowest BCUT2D eigenvalue weighted by Gasteiger charge is -2.21. The summed E-state index contributed by atoms with van der Waals surface area (Å²) in [5.74, 6) is -0.797. The lowest BCUT2D eigenvalue weighted by atomic mass is 9.97. The van der Waals surface area contributed by atoms with Crippen molar-refractivity contribution in [2.45, 2.75) is 25.7 Å². The number of hydrogen-bond acceptors (Lipinski definition) is 4. The Kier molecular flexibility index (Phi) is 4.16. The molecule has 0 spiro atoms. The fraction of sp³-hybridized carbons (Fsp3) is 0.462. The molecule has 100 valence electrons. The van der Waals surface area contributed by atoms with Crippen molar-refractivity contribution in [1.82, 2.24) is 0 Å². The quantitative estimate of drug-likeness (QED) is 0.785. The van der Waals surface area contributed by atoms with E-state index in [9.17, 15) is 13.2 Å². The summed E-state index contributed by atoms with van der Waals surface area (Å²) < 4.78 is 29.0. The van der Waals surface area contributed by atoms with Crippen molar-refractivity contribution in [2.75, 3.05) is 12.9 Å². The molecule has 0 aliphatic rings. The largest absolute Gasteiger partial charge is 0.469 e. The SMILES string of the molecule is COC(=O)C(C)(C)CS(=O)(=O)c1cccc(C)c1. The van der Waals surface area contributed by atoms with Gasteiger partial charge in [0.15, 0.2) is 9.84 Å². The second-order valence-corrected chi connectivity index (χ2v) is 6.94. The van der Waals surface area contributed by atoms with Crippen molar-refractivity contribution in [3.63, 3.8) is 0 Å². The number of ether oxygens (including phenoxy) is 1. The van der Waals surface area contributed by atoms with E-state index in [-0.39, 0.29) is 10.6 Å². The lowest BCUT2D eigenvalue weighted by Crippen LogP contribution is -2.33. The molecule has 0 radical (unpaired) electrons. The standard InChI is InChI=1S/C13H18O4S/c1-10-6-5-7-11(8-10)18(15,16)9-13(2,3)12(14)17-4/h5-8H,9H2,1-4H3. The lowest BCUT2D eigenvalue weighted by molar-refractivity contribution is -0.149. The van der Waals surface area contributed by atoms with Crippen molar-refractivity contribution in [3.8, 4) is 0 Å². The summed E-state index contributed by atoms with van der Waals surface area (Å²) in [4.78, 5) is 11.8. The van der Waals surface area contributed by atoms with Gasteiger partial charge in [-0.1, -0.05) is 12.1 Å². The number of methoxy groups -OCH3 is 1. The zero-order chi connectivity index (χ0) is 14.0. The Morgan fingerprint density at radius 3 is 2.44 bits per heavy atom. The minimum atomic E-state index is -3.50. The van der Waals surface area contributed by atoms with E-state index in [1.165, 1.54) is 13.2 Å². The number of aryl methyl sites for hydroxylation is 1. The average molecular weight is 270 g/mol. The molecule has 0 unspecified atom stereocenters. The Morgan fingerprint density at radius 2 is 1.94 bits per heavy atom. The highest BCUT2D eigenvalue weighted by Gasteiger charge is 2.35. The summed E-state index contributed by atoms with van der Waals surface area (Å²) >= 11 is 0. The Morgan fingerprint density at radius 1 is 1.33 bits per heavy atom. The van der Waals surface area contributed by atoms with E-state index in [1.807, 2.05) is 13.0 Å². The van der Waals surface area contributed by atoms with Gasteiger partial charge in [-0.3, -0.25) is 4.79 Å². The topological polar surface area (TPSA) is 60.4 Å². The van der Waals surface area contributed by atoms with E-state index in [0.717, 1.165) is 5.56 Å². The van der Waals surface area contributed by atoms with Crippen LogP contribution in [-0.2, 0) is 19.4 Å². The molecule has 0 N–H and O–H groups in total. The van der Waals surface area contributed by atoms with E-state index in [4.69, 9.17) is 0 Å². The first kappa shape index (κ1) is 14.7. The molecule has 0 aromatic heterocycles. The first-order valence-corrected chi connectivity index (χ1v) is 7.22. The maximum absolute atomic E-state index is 12.2. The molecule has 5 heteroatoms. The molecule has 1 rings (SSSR count). The van der Waals surface area contributed by atoms with Crippen molar-refractivity contribution in [1.29, 1.82) is 0 Å². The molecule has 0 aliphatic carbocycles. The number of sulfone groups is 1. The highest BCUT2D eigenvalue weighted by molar-refractivity contribution is 7.91. The van der Waals surface area contributed by atoms with Crippen LogP contribution in [0.4, 0.5) is 0 Å². The van der Waals surface area contributed by atoms with Crippen LogP contribution in [0.25, 0.3) is 0 Å². The van der Waals surface area contributed by atoms with E-state index in [1.54, 1.807) is 26.0 Å². The number of carbonyl (C=O) groups excluding carboxylic acids is 1. The first-order valence-electron chi connectivity index (χ1n) is 5.57. The molecule has 0 fully saturated rings. The van der Waals surface area contributed by atoms with Crippen LogP contribution in [-0.4, -0.2) is 27.2 Å². The summed E-state index contributed by atoms with van der Waals surface area (Å²) in [6.45, 7) is 4.95. The van der Waals surface area contributed by atoms with Gasteiger partial charge in [-0.05, 0) is 38.5 Å². The molecule has 1 aromatic carbocycles. The first-order chi connectivity index (χ1) is 8.19. The van der Waals surface area contributed by atoms with Gasteiger partial charge in [0.1, 0.15) is 0 Å². The number of carbonyl (C=O) groups is 1. The summed E-state index contributed by atoms with van der Waals surface area (Å²) in [5, 5.41) is 0. The van der Waals surface area contributed by atoms with Gasteiger partial charge in [0.05, 0.1) is 23.2 Å². The molecule has 0 saturated heterocycles. The van der Waals surface area contributed by atoms with Crippen LogP contribution in [0.2, 0.25) is 0 Å². The van der Waals surface area contributed by atoms with Crippen LogP contribution in [0.5, 0.6) is 0 Å². The molecule has 1 aromatic rings. The van der Waals surface area contributed by atoms with Gasteiger partial charge in [-0.15, -0.1) is 0 Å². The van der Waals surface area contributed by atoms with E-state index in [2.05, 4.69) is 4.74 Å². The van der Waals surface area contributed by atoms with Crippen LogP contribution in [0.15, 0.2) is 29.2 Å². The van der Waals surface area contributed by atoms with Crippen molar-refractivity contribution >= 4 is 15.8 Å². The van der Waals surface area contributed by atoms with Crippen molar-refractivity contribution < 1.29 is 17.9 Å². The normalized spacial score (nSPS) is 12.2. The van der Waals surface area contributed by atoms with Crippen molar-refractivity contribution in [3.05, 3.63) is 29.8 Å². The number of rotatable bonds is 4. The second-order valence-electron chi connectivity index (χ2n) is 4.95. The summed E-state index contributed by atoms with van der Waals surface area (Å²) in [6, 6.07) is 6.65. The predicted molar refractivity (Wildman–Crippen MR) is 69.0 cm³/mol. The molecule has 18 heavy (non-hydrogen) atoms. The fourth-order valence-electron chi connectivity index (χ4n) is 1.70. The summed E-state index contributed by atoms with van der Waals surface area (Å²) in [7, 11) is -2.24. The third kappa shape index (κ3) is 3.32. The van der Waals surface area contributed by atoms with Gasteiger partial charge in [-0.25, -0.2) is 8.42 Å². The van der Waals surface area contributed by atoms with Gasteiger partial charge < -0.3 is 4.74 Å². The Balaban J connectivity index is 3.06. The minimum absolute atomic E-state index is 0.236. The summed E-state index contributed by atoms with van der Waals surface area (Å²) in [6.07, 6.45) is 0. The highest BCUT2D eigenvalue weighted by atomic mass is 32.2. The van der Waals surface area contributed by atoms with Gasteiger partial charge in [0, 0.05) is 0 Å². The molecule has 0 bridgehead atoms. The van der Waals surface area contributed by atoms with Crippen LogP contribution < -0.4 is 0 Å². The predicted octanol–water partition coefficient (Wildman–Crippen LogP) is 1.97. The molecule has 0 amide bonds. The zero-order valence-electron chi connectivity index (χ0n) is 11.1. The van der Waals surface area contributed by atoms with Gasteiger partial charge >= 0.3 is 5.97 Å². The van der Waals surface area contributed by atoms with Gasteiger partial charge in [0.25, 0.3) is 0 Å². The smallest absolute Gasteiger partial charge is 0.312 e. The van der Waals surface area contributed by atoms with Gasteiger partial charge in [0.2, 0.25) is 0 Å². The Labute approximate surface area is 108 Å². The minimum Gasteiger partial charge on any atom is -0.469 e. The van der Waals surface area contributed by atoms with Gasteiger partial charge in [-0.2, -0.15) is 0 Å². The molecule has 0 heterocycles. The third-order valence-corrected chi connectivity index (χ3v) is 4.71. The average Bonchev–Trinajstić information content (AvgIpc) is 2.26. The highest BCUT2D eigenvalue weighted by Crippen LogP contribution is 2.24. The van der Waals surface area contributed by atoms with E-state index >= 15 is 0 Å². The molecule has 0 aliphatic heterocycles. The number of esters is 1.